The minimum Gasteiger partial charge on any atom is -0.328 e. The minimum atomic E-state index is 0.342. The zero-order chi connectivity index (χ0) is 7.82. The molecule has 0 aliphatic carbocycles. The van der Waals surface area contributed by atoms with Gasteiger partial charge >= 0.3 is 0 Å². The van der Waals surface area contributed by atoms with E-state index in [1.165, 1.54) is 12.8 Å². The highest BCUT2D eigenvalue weighted by Gasteiger charge is 1.91. The summed E-state index contributed by atoms with van der Waals surface area (Å²) in [6.45, 7) is 6.45. The van der Waals surface area contributed by atoms with Crippen LogP contribution < -0.4 is 11.1 Å². The highest BCUT2D eigenvalue weighted by Crippen LogP contribution is 1.85. The summed E-state index contributed by atoms with van der Waals surface area (Å²) >= 11 is 0. The molecule has 2 heteroatoms. The molecule has 62 valence electrons. The van der Waals surface area contributed by atoms with Crippen LogP contribution in [-0.2, 0) is 0 Å². The average Bonchev–Trinajstić information content (AvgIpc) is 1.87. The summed E-state index contributed by atoms with van der Waals surface area (Å²) in [5.41, 5.74) is 5.57. The predicted octanol–water partition coefficient (Wildman–Crippen LogP) is 1.11. The molecule has 0 amide bonds. The Hall–Kier alpha value is -0.0800. The third-order valence-electron chi connectivity index (χ3n) is 1.48. The fourth-order valence-electron chi connectivity index (χ4n) is 0.757. The first-order valence-corrected chi connectivity index (χ1v) is 4.23. The van der Waals surface area contributed by atoms with Crippen molar-refractivity contribution in [3.63, 3.8) is 0 Å². The fourth-order valence-corrected chi connectivity index (χ4v) is 0.757. The van der Waals surface area contributed by atoms with Gasteiger partial charge in [0.25, 0.3) is 0 Å². The van der Waals surface area contributed by atoms with Crippen molar-refractivity contribution in [2.75, 3.05) is 13.1 Å². The van der Waals surface area contributed by atoms with Gasteiger partial charge in [0, 0.05) is 6.04 Å². The van der Waals surface area contributed by atoms with Gasteiger partial charge in [0.2, 0.25) is 0 Å². The van der Waals surface area contributed by atoms with Gasteiger partial charge in [-0.3, -0.25) is 0 Å². The van der Waals surface area contributed by atoms with Crippen LogP contribution in [0.15, 0.2) is 0 Å². The Morgan fingerprint density at radius 1 is 1.40 bits per heavy atom. The van der Waals surface area contributed by atoms with Gasteiger partial charge in [-0.05, 0) is 32.9 Å². The summed E-state index contributed by atoms with van der Waals surface area (Å²) in [5.74, 6) is 0. The molecule has 0 radical (unpaired) electrons. The Labute approximate surface area is 64.2 Å². The van der Waals surface area contributed by atoms with Crippen LogP contribution in [0.25, 0.3) is 0 Å². The van der Waals surface area contributed by atoms with Gasteiger partial charge in [-0.1, -0.05) is 13.3 Å². The van der Waals surface area contributed by atoms with E-state index in [-0.39, 0.29) is 0 Å². The number of hydrogen-bond acceptors (Lipinski definition) is 2. The van der Waals surface area contributed by atoms with E-state index in [0.717, 1.165) is 19.5 Å². The third-order valence-corrected chi connectivity index (χ3v) is 1.48. The van der Waals surface area contributed by atoms with Crippen molar-refractivity contribution in [3.8, 4) is 0 Å². The number of rotatable bonds is 6. The summed E-state index contributed by atoms with van der Waals surface area (Å²) in [5, 5.41) is 3.34. The molecule has 0 saturated heterocycles. The molecule has 0 spiro atoms. The van der Waals surface area contributed by atoms with Crippen molar-refractivity contribution in [3.05, 3.63) is 0 Å². The summed E-state index contributed by atoms with van der Waals surface area (Å²) in [6.07, 6.45) is 3.63. The van der Waals surface area contributed by atoms with Crippen LogP contribution in [-0.4, -0.2) is 19.1 Å². The molecular formula is C8H20N2. The van der Waals surface area contributed by atoms with E-state index in [0.29, 0.717) is 6.04 Å². The predicted molar refractivity (Wildman–Crippen MR) is 46.0 cm³/mol. The van der Waals surface area contributed by atoms with Gasteiger partial charge in [0.05, 0.1) is 0 Å². The van der Waals surface area contributed by atoms with Gasteiger partial charge in [-0.15, -0.1) is 0 Å². The number of unbranched alkanes of at least 4 members (excludes halogenated alkanes) is 1. The van der Waals surface area contributed by atoms with Crippen molar-refractivity contribution >= 4 is 0 Å². The number of hydrogen-bond donors (Lipinski definition) is 2. The standard InChI is InChI=1S/C8H20N2/c1-3-4-6-10-7-5-8(2)9/h8,10H,3-7,9H2,1-2H3. The molecule has 0 rings (SSSR count). The molecule has 0 bridgehead atoms. The van der Waals surface area contributed by atoms with Crippen molar-refractivity contribution in [2.24, 2.45) is 5.73 Å². The van der Waals surface area contributed by atoms with Crippen molar-refractivity contribution in [1.82, 2.24) is 5.32 Å². The largest absolute Gasteiger partial charge is 0.328 e. The van der Waals surface area contributed by atoms with Crippen molar-refractivity contribution in [2.45, 2.75) is 39.2 Å². The first-order chi connectivity index (χ1) is 4.77. The number of nitrogens with one attached hydrogen (secondary N) is 1. The zero-order valence-corrected chi connectivity index (χ0v) is 7.19. The molecular weight excluding hydrogens is 124 g/mol. The van der Waals surface area contributed by atoms with Crippen molar-refractivity contribution < 1.29 is 0 Å². The van der Waals surface area contributed by atoms with Gasteiger partial charge in [0.15, 0.2) is 0 Å². The summed E-state index contributed by atoms with van der Waals surface area (Å²) in [6, 6.07) is 0.342. The van der Waals surface area contributed by atoms with Crippen LogP contribution in [0.5, 0.6) is 0 Å². The number of nitrogens with two attached hydrogens (primary N) is 1. The second-order valence-corrected chi connectivity index (χ2v) is 2.87. The molecule has 1 unspecified atom stereocenters. The smallest absolute Gasteiger partial charge is 0.00225 e. The lowest BCUT2D eigenvalue weighted by Gasteiger charge is -2.05. The van der Waals surface area contributed by atoms with E-state index in [2.05, 4.69) is 12.2 Å². The summed E-state index contributed by atoms with van der Waals surface area (Å²) in [4.78, 5) is 0. The molecule has 0 aliphatic rings. The van der Waals surface area contributed by atoms with Crippen molar-refractivity contribution in [1.29, 1.82) is 0 Å². The maximum absolute atomic E-state index is 5.57. The van der Waals surface area contributed by atoms with E-state index < -0.39 is 0 Å². The quantitative estimate of drug-likeness (QED) is 0.548. The van der Waals surface area contributed by atoms with Gasteiger partial charge in [-0.25, -0.2) is 0 Å². The lowest BCUT2D eigenvalue weighted by atomic mass is 10.2. The van der Waals surface area contributed by atoms with Crippen LogP contribution >= 0.6 is 0 Å². The Balaban J connectivity index is 2.77. The van der Waals surface area contributed by atoms with E-state index >= 15 is 0 Å². The fraction of sp³-hybridized carbons (Fsp3) is 1.00. The van der Waals surface area contributed by atoms with E-state index in [9.17, 15) is 0 Å². The molecule has 0 aromatic carbocycles. The highest BCUT2D eigenvalue weighted by molar-refractivity contribution is 4.55. The molecule has 0 fully saturated rings. The lowest BCUT2D eigenvalue weighted by molar-refractivity contribution is 0.574. The Kier molecular flexibility index (Phi) is 6.98. The van der Waals surface area contributed by atoms with E-state index in [1.54, 1.807) is 0 Å². The monoisotopic (exact) mass is 144 g/mol. The minimum absolute atomic E-state index is 0.342. The highest BCUT2D eigenvalue weighted by atomic mass is 14.8. The second kappa shape index (κ2) is 7.03. The lowest BCUT2D eigenvalue weighted by Crippen LogP contribution is -2.24. The Morgan fingerprint density at radius 2 is 2.10 bits per heavy atom. The van der Waals surface area contributed by atoms with E-state index in [1.807, 2.05) is 6.92 Å². The molecule has 2 nitrogen and oxygen atoms in total. The Bertz CT molecular complexity index is 62.3. The first-order valence-electron chi connectivity index (χ1n) is 4.23. The molecule has 10 heavy (non-hydrogen) atoms. The molecule has 0 heterocycles. The molecule has 0 aromatic rings. The van der Waals surface area contributed by atoms with Crippen LogP contribution in [0.3, 0.4) is 0 Å². The topological polar surface area (TPSA) is 38.0 Å². The summed E-state index contributed by atoms with van der Waals surface area (Å²) < 4.78 is 0. The molecule has 0 aromatic heterocycles. The maximum atomic E-state index is 5.57. The van der Waals surface area contributed by atoms with Gasteiger partial charge in [0.1, 0.15) is 0 Å². The Morgan fingerprint density at radius 3 is 2.60 bits per heavy atom. The van der Waals surface area contributed by atoms with Gasteiger partial charge < -0.3 is 11.1 Å². The van der Waals surface area contributed by atoms with E-state index in [4.69, 9.17) is 5.73 Å². The third kappa shape index (κ3) is 7.92. The second-order valence-electron chi connectivity index (χ2n) is 2.87. The maximum Gasteiger partial charge on any atom is 0.00225 e. The van der Waals surface area contributed by atoms with Crippen LogP contribution in [0.2, 0.25) is 0 Å². The molecule has 3 N–H and O–H groups in total. The summed E-state index contributed by atoms with van der Waals surface area (Å²) in [7, 11) is 0. The SMILES string of the molecule is CCCCNCCC(C)N. The molecule has 1 atom stereocenters. The zero-order valence-electron chi connectivity index (χ0n) is 7.19. The van der Waals surface area contributed by atoms with Crippen LogP contribution in [0, 0.1) is 0 Å². The van der Waals surface area contributed by atoms with Crippen LogP contribution in [0.1, 0.15) is 33.1 Å². The molecule has 0 saturated carbocycles. The van der Waals surface area contributed by atoms with Gasteiger partial charge in [-0.2, -0.15) is 0 Å². The van der Waals surface area contributed by atoms with Crippen LogP contribution in [0.4, 0.5) is 0 Å². The molecule has 0 aliphatic heterocycles. The normalized spacial score (nSPS) is 13.5. The first kappa shape index (κ1) is 9.92. The average molecular weight is 144 g/mol.